The standard InChI is InChI=1S/C20H15N3O6S/c24-20(16-5-4-6-17(13-16)23(25)26)22-21-14-15-9-11-18(12-10-15)29-30(27,28)19-7-2-1-3-8-19/h1-14H,(H,22,24)/b21-14-. The SMILES string of the molecule is O=C(N/N=C\c1ccc(OS(=O)(=O)c2ccccc2)cc1)c1cccc([N+](=O)[O-])c1. The first-order valence-electron chi connectivity index (χ1n) is 8.53. The molecule has 1 amide bonds. The lowest BCUT2D eigenvalue weighted by Gasteiger charge is -2.07. The molecule has 0 saturated heterocycles. The molecule has 0 unspecified atom stereocenters. The van der Waals surface area contributed by atoms with Gasteiger partial charge in [0.15, 0.2) is 0 Å². The van der Waals surface area contributed by atoms with E-state index in [-0.39, 0.29) is 21.9 Å². The van der Waals surface area contributed by atoms with Gasteiger partial charge in [-0.05, 0) is 48.0 Å². The first-order valence-corrected chi connectivity index (χ1v) is 9.93. The molecule has 0 radical (unpaired) electrons. The molecule has 1 N–H and O–H groups in total. The van der Waals surface area contributed by atoms with Crippen molar-refractivity contribution < 1.29 is 22.3 Å². The molecule has 0 saturated carbocycles. The summed E-state index contributed by atoms with van der Waals surface area (Å²) in [5, 5.41) is 14.6. The van der Waals surface area contributed by atoms with Crippen molar-refractivity contribution in [3.8, 4) is 5.75 Å². The minimum atomic E-state index is -3.93. The number of nitro groups is 1. The summed E-state index contributed by atoms with van der Waals surface area (Å²) in [6, 6.07) is 19.0. The molecule has 9 nitrogen and oxygen atoms in total. The lowest BCUT2D eigenvalue weighted by atomic mass is 10.2. The lowest BCUT2D eigenvalue weighted by Crippen LogP contribution is -2.17. The maximum absolute atomic E-state index is 12.2. The average molecular weight is 425 g/mol. The third-order valence-corrected chi connectivity index (χ3v) is 5.08. The van der Waals surface area contributed by atoms with E-state index in [1.165, 1.54) is 48.7 Å². The van der Waals surface area contributed by atoms with E-state index in [2.05, 4.69) is 10.5 Å². The van der Waals surface area contributed by atoms with Crippen LogP contribution < -0.4 is 9.61 Å². The zero-order valence-corrected chi connectivity index (χ0v) is 16.2. The molecule has 3 rings (SSSR count). The van der Waals surface area contributed by atoms with Gasteiger partial charge in [-0.15, -0.1) is 0 Å². The second-order valence-electron chi connectivity index (χ2n) is 5.93. The van der Waals surface area contributed by atoms with Gasteiger partial charge in [-0.25, -0.2) is 5.43 Å². The van der Waals surface area contributed by atoms with Gasteiger partial charge in [0.1, 0.15) is 10.6 Å². The molecular formula is C20H15N3O6S. The first-order chi connectivity index (χ1) is 14.3. The Labute approximate surface area is 171 Å². The number of nitrogens with zero attached hydrogens (tertiary/aromatic N) is 2. The summed E-state index contributed by atoms with van der Waals surface area (Å²) < 4.78 is 29.5. The van der Waals surface area contributed by atoms with Gasteiger partial charge < -0.3 is 4.18 Å². The van der Waals surface area contributed by atoms with Gasteiger partial charge in [-0.3, -0.25) is 14.9 Å². The van der Waals surface area contributed by atoms with Crippen LogP contribution in [-0.4, -0.2) is 25.5 Å². The van der Waals surface area contributed by atoms with Crippen molar-refractivity contribution in [1.29, 1.82) is 0 Å². The number of hydrogen-bond acceptors (Lipinski definition) is 7. The third kappa shape index (κ3) is 5.26. The van der Waals surface area contributed by atoms with Crippen LogP contribution in [0.4, 0.5) is 5.69 Å². The Hall–Kier alpha value is -4.05. The van der Waals surface area contributed by atoms with Crippen LogP contribution in [0.2, 0.25) is 0 Å². The highest BCUT2D eigenvalue weighted by Crippen LogP contribution is 2.18. The second-order valence-corrected chi connectivity index (χ2v) is 7.47. The third-order valence-electron chi connectivity index (χ3n) is 3.82. The molecule has 0 aliphatic heterocycles. The molecule has 0 spiro atoms. The van der Waals surface area contributed by atoms with Crippen LogP contribution in [0.3, 0.4) is 0 Å². The predicted molar refractivity (Wildman–Crippen MR) is 109 cm³/mol. The molecule has 152 valence electrons. The number of nitrogens with one attached hydrogen (secondary N) is 1. The zero-order valence-electron chi connectivity index (χ0n) is 15.3. The van der Waals surface area contributed by atoms with Crippen molar-refractivity contribution in [3.05, 3.63) is 100 Å². The number of carbonyl (C=O) groups excluding carboxylic acids is 1. The van der Waals surface area contributed by atoms with E-state index in [0.717, 1.165) is 6.07 Å². The Balaban J connectivity index is 1.62. The molecule has 0 aliphatic carbocycles. The number of benzene rings is 3. The number of rotatable bonds is 7. The highest BCUT2D eigenvalue weighted by Gasteiger charge is 2.15. The number of carbonyl (C=O) groups is 1. The topological polar surface area (TPSA) is 128 Å². The monoisotopic (exact) mass is 425 g/mol. The Bertz CT molecular complexity index is 1190. The molecule has 3 aromatic carbocycles. The van der Waals surface area contributed by atoms with E-state index < -0.39 is 20.9 Å². The van der Waals surface area contributed by atoms with E-state index in [0.29, 0.717) is 5.56 Å². The van der Waals surface area contributed by atoms with E-state index in [1.807, 2.05) is 0 Å². The van der Waals surface area contributed by atoms with E-state index in [9.17, 15) is 23.3 Å². The van der Waals surface area contributed by atoms with Crippen LogP contribution >= 0.6 is 0 Å². The minimum Gasteiger partial charge on any atom is -0.379 e. The van der Waals surface area contributed by atoms with Gasteiger partial charge in [0.05, 0.1) is 11.1 Å². The maximum atomic E-state index is 12.2. The van der Waals surface area contributed by atoms with E-state index >= 15 is 0 Å². The van der Waals surface area contributed by atoms with Crippen LogP contribution in [0.25, 0.3) is 0 Å². The molecule has 3 aromatic rings. The number of hydrazone groups is 1. The summed E-state index contributed by atoms with van der Waals surface area (Å²) in [5.74, 6) is -0.486. The van der Waals surface area contributed by atoms with Crippen LogP contribution in [0.1, 0.15) is 15.9 Å². The first kappa shape index (κ1) is 20.7. The molecular weight excluding hydrogens is 410 g/mol. The molecule has 0 atom stereocenters. The van der Waals surface area contributed by atoms with Crippen LogP contribution in [0.5, 0.6) is 5.75 Å². The second kappa shape index (κ2) is 8.97. The summed E-state index contributed by atoms with van der Waals surface area (Å²) in [4.78, 5) is 22.2. The predicted octanol–water partition coefficient (Wildman–Crippen LogP) is 3.13. The fourth-order valence-corrected chi connectivity index (χ4v) is 3.31. The van der Waals surface area contributed by atoms with Gasteiger partial charge in [0.25, 0.3) is 11.6 Å². The van der Waals surface area contributed by atoms with Gasteiger partial charge in [-0.2, -0.15) is 13.5 Å². The van der Waals surface area contributed by atoms with Gasteiger partial charge in [0, 0.05) is 17.7 Å². The Morgan fingerprint density at radius 3 is 2.37 bits per heavy atom. The molecule has 0 fully saturated rings. The van der Waals surface area contributed by atoms with Gasteiger partial charge >= 0.3 is 10.1 Å². The zero-order chi connectivity index (χ0) is 21.6. The summed E-state index contributed by atoms with van der Waals surface area (Å²) in [6.45, 7) is 0. The normalized spacial score (nSPS) is 11.2. The molecule has 0 heterocycles. The van der Waals surface area contributed by atoms with Crippen LogP contribution in [0, 0.1) is 10.1 Å². The summed E-state index contributed by atoms with van der Waals surface area (Å²) in [6.07, 6.45) is 1.34. The smallest absolute Gasteiger partial charge is 0.339 e. The summed E-state index contributed by atoms with van der Waals surface area (Å²) in [5.41, 5.74) is 2.73. The summed E-state index contributed by atoms with van der Waals surface area (Å²) in [7, 11) is -3.93. The average Bonchev–Trinajstić information content (AvgIpc) is 2.75. The Morgan fingerprint density at radius 1 is 1.00 bits per heavy atom. The quantitative estimate of drug-likeness (QED) is 0.268. The van der Waals surface area contributed by atoms with Crippen LogP contribution in [0.15, 0.2) is 88.9 Å². The highest BCUT2D eigenvalue weighted by molar-refractivity contribution is 7.87. The van der Waals surface area contributed by atoms with Crippen molar-refractivity contribution in [3.63, 3.8) is 0 Å². The summed E-state index contributed by atoms with van der Waals surface area (Å²) >= 11 is 0. The minimum absolute atomic E-state index is 0.0412. The van der Waals surface area contributed by atoms with E-state index in [4.69, 9.17) is 4.18 Å². The number of nitro benzene ring substituents is 1. The number of amides is 1. The van der Waals surface area contributed by atoms with Crippen molar-refractivity contribution in [2.45, 2.75) is 4.90 Å². The Kier molecular flexibility index (Phi) is 6.18. The van der Waals surface area contributed by atoms with Crippen molar-refractivity contribution in [1.82, 2.24) is 5.43 Å². The largest absolute Gasteiger partial charge is 0.379 e. The van der Waals surface area contributed by atoms with Gasteiger partial charge in [-0.1, -0.05) is 24.3 Å². The molecule has 0 aromatic heterocycles. The van der Waals surface area contributed by atoms with Crippen molar-refractivity contribution in [2.24, 2.45) is 5.10 Å². The molecule has 0 bridgehead atoms. The molecule has 30 heavy (non-hydrogen) atoms. The number of non-ortho nitro benzene ring substituents is 1. The van der Waals surface area contributed by atoms with E-state index in [1.54, 1.807) is 30.3 Å². The fraction of sp³-hybridized carbons (Fsp3) is 0. The Morgan fingerprint density at radius 2 is 1.70 bits per heavy atom. The molecule has 0 aliphatic rings. The van der Waals surface area contributed by atoms with Crippen molar-refractivity contribution >= 4 is 27.9 Å². The maximum Gasteiger partial charge on any atom is 0.339 e. The molecule has 10 heteroatoms. The highest BCUT2D eigenvalue weighted by atomic mass is 32.2. The number of hydrogen-bond donors (Lipinski definition) is 1. The lowest BCUT2D eigenvalue weighted by molar-refractivity contribution is -0.384. The fourth-order valence-electron chi connectivity index (χ4n) is 2.36. The van der Waals surface area contributed by atoms with Crippen molar-refractivity contribution in [2.75, 3.05) is 0 Å². The van der Waals surface area contributed by atoms with Crippen LogP contribution in [-0.2, 0) is 10.1 Å². The van der Waals surface area contributed by atoms with Gasteiger partial charge in [0.2, 0.25) is 0 Å².